The van der Waals surface area contributed by atoms with Gasteiger partial charge in [0, 0.05) is 10.6 Å². The predicted molar refractivity (Wildman–Crippen MR) is 93.1 cm³/mol. The van der Waals surface area contributed by atoms with Gasteiger partial charge in [-0.1, -0.05) is 31.5 Å². The van der Waals surface area contributed by atoms with Gasteiger partial charge in [0.15, 0.2) is 0 Å². The van der Waals surface area contributed by atoms with Crippen molar-refractivity contribution in [3.63, 3.8) is 0 Å². The summed E-state index contributed by atoms with van der Waals surface area (Å²) in [7, 11) is 4.50. The minimum Gasteiger partial charge on any atom is -0.303 e. The van der Waals surface area contributed by atoms with Crippen molar-refractivity contribution >= 4 is 11.6 Å². The molecule has 1 aromatic rings. The molecular formula is C19H30ClN. The highest BCUT2D eigenvalue weighted by molar-refractivity contribution is 6.30. The lowest BCUT2D eigenvalue weighted by Gasteiger charge is -2.46. The first-order valence-corrected chi connectivity index (χ1v) is 8.64. The van der Waals surface area contributed by atoms with Crippen molar-refractivity contribution in [1.29, 1.82) is 0 Å². The highest BCUT2D eigenvalue weighted by Gasteiger charge is 2.38. The van der Waals surface area contributed by atoms with Crippen LogP contribution in [0.4, 0.5) is 0 Å². The Hall–Kier alpha value is -0.530. The lowest BCUT2D eigenvalue weighted by atomic mass is 9.69. The average molecular weight is 308 g/mol. The second-order valence-corrected chi connectivity index (χ2v) is 7.88. The van der Waals surface area contributed by atoms with Crippen molar-refractivity contribution in [2.45, 2.75) is 58.4 Å². The molecule has 0 aliphatic heterocycles. The highest BCUT2D eigenvalue weighted by atomic mass is 35.5. The van der Waals surface area contributed by atoms with Crippen molar-refractivity contribution in [1.82, 2.24) is 4.90 Å². The normalized spacial score (nSPS) is 26.6. The van der Waals surface area contributed by atoms with Crippen LogP contribution in [0.1, 0.15) is 50.7 Å². The van der Waals surface area contributed by atoms with Crippen LogP contribution in [0.25, 0.3) is 0 Å². The zero-order valence-electron chi connectivity index (χ0n) is 14.2. The minimum atomic E-state index is 0.323. The number of rotatable bonds is 4. The molecule has 2 heteroatoms. The smallest absolute Gasteiger partial charge is 0.0408 e. The van der Waals surface area contributed by atoms with E-state index >= 15 is 0 Å². The Morgan fingerprint density at radius 1 is 1.24 bits per heavy atom. The molecule has 0 heterocycles. The Kier molecular flexibility index (Phi) is 5.38. The van der Waals surface area contributed by atoms with Crippen LogP contribution in [0, 0.1) is 18.8 Å². The Balaban J connectivity index is 2.17. The molecule has 0 atom stereocenters. The zero-order valence-corrected chi connectivity index (χ0v) is 15.0. The molecule has 1 aromatic carbocycles. The summed E-state index contributed by atoms with van der Waals surface area (Å²) in [6, 6.07) is 6.35. The molecule has 2 rings (SSSR count). The molecule has 1 saturated carbocycles. The van der Waals surface area contributed by atoms with E-state index in [1.54, 1.807) is 0 Å². The number of halogens is 1. The van der Waals surface area contributed by atoms with Crippen LogP contribution >= 0.6 is 11.6 Å². The van der Waals surface area contributed by atoms with Crippen LogP contribution < -0.4 is 0 Å². The van der Waals surface area contributed by atoms with Gasteiger partial charge in [-0.25, -0.2) is 0 Å². The molecule has 0 amide bonds. The molecule has 1 fully saturated rings. The highest BCUT2D eigenvalue weighted by Crippen LogP contribution is 2.40. The first-order valence-electron chi connectivity index (χ1n) is 8.26. The number of likely N-dealkylation sites (N-methyl/N-ethyl adjacent to an activating group) is 1. The molecule has 118 valence electrons. The first kappa shape index (κ1) is 16.8. The maximum absolute atomic E-state index is 6.10. The monoisotopic (exact) mass is 307 g/mol. The van der Waals surface area contributed by atoms with Crippen molar-refractivity contribution in [3.05, 3.63) is 34.3 Å². The van der Waals surface area contributed by atoms with Gasteiger partial charge < -0.3 is 4.90 Å². The summed E-state index contributed by atoms with van der Waals surface area (Å²) >= 11 is 6.10. The molecule has 0 unspecified atom stereocenters. The standard InChI is InChI=1S/C19H30ClN/c1-14(2)16-8-10-19(11-9-16,21(4)5)13-17-6-7-18(20)12-15(17)3/h6-7,12,14,16H,8-11,13H2,1-5H3. The maximum Gasteiger partial charge on any atom is 0.0408 e. The number of hydrogen-bond acceptors (Lipinski definition) is 1. The third-order valence-corrected chi connectivity index (χ3v) is 5.91. The summed E-state index contributed by atoms with van der Waals surface area (Å²) < 4.78 is 0. The van der Waals surface area contributed by atoms with Gasteiger partial charge in [0.25, 0.3) is 0 Å². The molecule has 1 aliphatic rings. The predicted octanol–water partition coefficient (Wildman–Crippen LogP) is 5.34. The van der Waals surface area contributed by atoms with Crippen LogP contribution in [-0.2, 0) is 6.42 Å². The van der Waals surface area contributed by atoms with Crippen LogP contribution in [0.3, 0.4) is 0 Å². The first-order chi connectivity index (χ1) is 9.84. The summed E-state index contributed by atoms with van der Waals surface area (Å²) in [5.74, 6) is 1.73. The van der Waals surface area contributed by atoms with E-state index in [1.165, 1.54) is 36.8 Å². The van der Waals surface area contributed by atoms with Crippen LogP contribution in [0.2, 0.25) is 5.02 Å². The molecule has 0 aromatic heterocycles. The van der Waals surface area contributed by atoms with Crippen LogP contribution in [0.5, 0.6) is 0 Å². The van der Waals surface area contributed by atoms with Gasteiger partial charge in [-0.2, -0.15) is 0 Å². The second-order valence-electron chi connectivity index (χ2n) is 7.45. The number of nitrogens with zero attached hydrogens (tertiary/aromatic N) is 1. The van der Waals surface area contributed by atoms with Crippen molar-refractivity contribution in [2.75, 3.05) is 14.1 Å². The van der Waals surface area contributed by atoms with Crippen molar-refractivity contribution in [3.8, 4) is 0 Å². The van der Waals surface area contributed by atoms with Gasteiger partial charge in [-0.15, -0.1) is 0 Å². The molecule has 0 N–H and O–H groups in total. The summed E-state index contributed by atoms with van der Waals surface area (Å²) in [5.41, 5.74) is 3.11. The molecule has 1 aliphatic carbocycles. The third kappa shape index (κ3) is 3.81. The summed E-state index contributed by atoms with van der Waals surface area (Å²) in [4.78, 5) is 2.47. The fraction of sp³-hybridized carbons (Fsp3) is 0.684. The van der Waals surface area contributed by atoms with Crippen molar-refractivity contribution in [2.24, 2.45) is 11.8 Å². The van der Waals surface area contributed by atoms with E-state index in [2.05, 4.69) is 51.9 Å². The van der Waals surface area contributed by atoms with E-state index in [4.69, 9.17) is 11.6 Å². The second kappa shape index (κ2) is 6.71. The SMILES string of the molecule is Cc1cc(Cl)ccc1CC1(N(C)C)CCC(C(C)C)CC1. The average Bonchev–Trinajstić information content (AvgIpc) is 2.42. The van der Waals surface area contributed by atoms with E-state index in [9.17, 15) is 0 Å². The van der Waals surface area contributed by atoms with E-state index in [0.29, 0.717) is 5.54 Å². The number of aryl methyl sites for hydroxylation is 1. The quantitative estimate of drug-likeness (QED) is 0.726. The minimum absolute atomic E-state index is 0.323. The molecule has 0 bridgehead atoms. The van der Waals surface area contributed by atoms with E-state index in [1.807, 2.05) is 6.07 Å². The van der Waals surface area contributed by atoms with E-state index in [0.717, 1.165) is 23.3 Å². The fourth-order valence-corrected chi connectivity index (χ4v) is 4.07. The molecule has 0 saturated heterocycles. The molecule has 0 spiro atoms. The lowest BCUT2D eigenvalue weighted by molar-refractivity contribution is 0.0682. The van der Waals surface area contributed by atoms with Crippen LogP contribution in [0.15, 0.2) is 18.2 Å². The molecular weight excluding hydrogens is 278 g/mol. The number of hydrogen-bond donors (Lipinski definition) is 0. The molecule has 1 nitrogen and oxygen atoms in total. The lowest BCUT2D eigenvalue weighted by Crippen LogP contribution is -2.49. The number of benzene rings is 1. The van der Waals surface area contributed by atoms with Gasteiger partial charge in [0.1, 0.15) is 0 Å². The van der Waals surface area contributed by atoms with E-state index < -0.39 is 0 Å². The zero-order chi connectivity index (χ0) is 15.6. The van der Waals surface area contributed by atoms with Gasteiger partial charge in [0.05, 0.1) is 0 Å². The van der Waals surface area contributed by atoms with Crippen LogP contribution in [-0.4, -0.2) is 24.5 Å². The Bertz CT molecular complexity index is 470. The summed E-state index contributed by atoms with van der Waals surface area (Å²) in [5, 5.41) is 0.846. The van der Waals surface area contributed by atoms with Crippen molar-refractivity contribution < 1.29 is 0 Å². The van der Waals surface area contributed by atoms with Gasteiger partial charge in [0.2, 0.25) is 0 Å². The Morgan fingerprint density at radius 3 is 2.33 bits per heavy atom. The maximum atomic E-state index is 6.10. The Morgan fingerprint density at radius 2 is 1.86 bits per heavy atom. The van der Waals surface area contributed by atoms with Gasteiger partial charge in [-0.3, -0.25) is 0 Å². The van der Waals surface area contributed by atoms with Gasteiger partial charge >= 0.3 is 0 Å². The summed E-state index contributed by atoms with van der Waals surface area (Å²) in [6.07, 6.45) is 6.49. The Labute approximate surface area is 135 Å². The fourth-order valence-electron chi connectivity index (χ4n) is 3.84. The molecule has 0 radical (unpaired) electrons. The molecule has 21 heavy (non-hydrogen) atoms. The topological polar surface area (TPSA) is 3.24 Å². The van der Waals surface area contributed by atoms with E-state index in [-0.39, 0.29) is 0 Å². The van der Waals surface area contributed by atoms with Gasteiger partial charge in [-0.05, 0) is 88.2 Å². The summed E-state index contributed by atoms with van der Waals surface area (Å²) in [6.45, 7) is 6.93. The largest absolute Gasteiger partial charge is 0.303 e. The third-order valence-electron chi connectivity index (χ3n) is 5.68.